The number of aliphatic hydroxyl groups is 2. The lowest BCUT2D eigenvalue weighted by atomic mass is 9.87. The second-order valence-electron chi connectivity index (χ2n) is 13.3. The first kappa shape index (κ1) is 50.1. The highest BCUT2D eigenvalue weighted by Gasteiger charge is 2.50. The van der Waals surface area contributed by atoms with E-state index in [4.69, 9.17) is 24.6 Å². The Balaban J connectivity index is 1.43. The minimum absolute atomic E-state index is 0.0219. The molecule has 7 atom stereocenters. The molecule has 3 heterocycles. The maximum absolute atomic E-state index is 12.7. The summed E-state index contributed by atoms with van der Waals surface area (Å²) in [5.74, 6) is -2.16. The predicted octanol–water partition coefficient (Wildman–Crippen LogP) is -0.134. The van der Waals surface area contributed by atoms with E-state index in [9.17, 15) is 62.7 Å². The van der Waals surface area contributed by atoms with Crippen LogP contribution in [0.3, 0.4) is 0 Å². The van der Waals surface area contributed by atoms with Crippen LogP contribution in [0.1, 0.15) is 52.2 Å². The monoisotopic (exact) mass is 921 g/mol. The molecule has 1 fully saturated rings. The number of carboxylic acid groups (broad SMARTS) is 1. The van der Waals surface area contributed by atoms with E-state index in [-0.39, 0.29) is 53.8 Å². The van der Waals surface area contributed by atoms with E-state index in [1.165, 1.54) is 19.9 Å². The minimum Gasteiger partial charge on any atom is -0.481 e. The molecule has 0 bridgehead atoms. The fraction of sp³-hybridized carbons (Fsp3) is 0.621. The van der Waals surface area contributed by atoms with Crippen LogP contribution in [0.4, 0.5) is 5.82 Å². The normalized spacial score (nSPS) is 21.2. The Bertz CT molecular complexity index is 1970. The molecule has 0 saturated carbocycles. The highest BCUT2D eigenvalue weighted by molar-refractivity contribution is 8.14. The quantitative estimate of drug-likeness (QED) is 0.0352. The van der Waals surface area contributed by atoms with Crippen molar-refractivity contribution in [2.45, 2.75) is 76.6 Å². The molecule has 0 spiro atoms. The number of thioether (sulfide) groups is 1. The lowest BCUT2D eigenvalue weighted by Gasteiger charge is -2.30. The van der Waals surface area contributed by atoms with E-state index in [1.54, 1.807) is 6.08 Å². The van der Waals surface area contributed by atoms with E-state index < -0.39 is 90.5 Å². The van der Waals surface area contributed by atoms with Gasteiger partial charge in [-0.25, -0.2) is 28.6 Å². The SMILES string of the molecule is CC(C)(COP(=O)(O)OP(=O)(O)OC[C@H]1O[C@@H](n2cnc3c(N)ncnc32)[C@H](O)[C@@H]1OP(=O)(O)O)[C@@H](O)C(=O)NCCC(=O)NCCSC(=O)C=CCCCCC(=O)O. The molecule has 0 radical (unpaired) electrons. The molecule has 0 aliphatic carbocycles. The summed E-state index contributed by atoms with van der Waals surface area (Å²) in [6.45, 7) is 0.322. The number of amides is 2. The van der Waals surface area contributed by atoms with Gasteiger partial charge < -0.3 is 56.0 Å². The zero-order valence-corrected chi connectivity index (χ0v) is 34.9. The van der Waals surface area contributed by atoms with Crippen LogP contribution in [-0.4, -0.2) is 134 Å². The Morgan fingerprint density at radius 3 is 2.41 bits per heavy atom. The zero-order chi connectivity index (χ0) is 44.2. The third kappa shape index (κ3) is 16.6. The van der Waals surface area contributed by atoms with Crippen molar-refractivity contribution in [2.24, 2.45) is 5.41 Å². The number of rotatable bonds is 25. The fourth-order valence-corrected chi connectivity index (χ4v) is 8.47. The predicted molar refractivity (Wildman–Crippen MR) is 202 cm³/mol. The van der Waals surface area contributed by atoms with E-state index in [1.807, 2.05) is 0 Å². The number of nitrogens with one attached hydrogen (secondary N) is 2. The summed E-state index contributed by atoms with van der Waals surface area (Å²) in [5.41, 5.74) is 4.22. The molecule has 1 aliphatic heterocycles. The number of carbonyl (C=O) groups excluding carboxylic acids is 3. The van der Waals surface area contributed by atoms with Crippen molar-refractivity contribution < 1.29 is 90.4 Å². The minimum atomic E-state index is -5.59. The van der Waals surface area contributed by atoms with Gasteiger partial charge in [0.05, 0.1) is 19.5 Å². The van der Waals surface area contributed by atoms with Gasteiger partial charge in [0, 0.05) is 37.1 Å². The van der Waals surface area contributed by atoms with Crippen molar-refractivity contribution in [3.8, 4) is 0 Å². The number of aliphatic carboxylic acids is 1. The van der Waals surface area contributed by atoms with E-state index >= 15 is 0 Å². The molecule has 0 aromatic carbocycles. The van der Waals surface area contributed by atoms with Crippen LogP contribution in [0.5, 0.6) is 0 Å². The molecule has 59 heavy (non-hydrogen) atoms. The molecule has 2 unspecified atom stereocenters. The number of unbranched alkanes of at least 4 members (excludes halogenated alkanes) is 2. The van der Waals surface area contributed by atoms with Gasteiger partial charge in [-0.2, -0.15) is 4.31 Å². The van der Waals surface area contributed by atoms with Crippen molar-refractivity contribution in [2.75, 3.05) is 37.8 Å². The largest absolute Gasteiger partial charge is 0.481 e. The maximum Gasteiger partial charge on any atom is 0.481 e. The number of anilines is 1. The Morgan fingerprint density at radius 2 is 1.73 bits per heavy atom. The van der Waals surface area contributed by atoms with Crippen molar-refractivity contribution in [3.05, 3.63) is 24.8 Å². The summed E-state index contributed by atoms with van der Waals surface area (Å²) in [7, 11) is -16.4. The topological polar surface area (TPSA) is 401 Å². The lowest BCUT2D eigenvalue weighted by molar-refractivity contribution is -0.137. The maximum atomic E-state index is 12.7. The molecule has 2 aromatic rings. The summed E-state index contributed by atoms with van der Waals surface area (Å²) in [5, 5.41) is 34.7. The summed E-state index contributed by atoms with van der Waals surface area (Å²) >= 11 is 0.958. The van der Waals surface area contributed by atoms with Crippen LogP contribution >= 0.6 is 35.2 Å². The molecule has 2 amide bonds. The van der Waals surface area contributed by atoms with E-state index in [2.05, 4.69) is 34.4 Å². The van der Waals surface area contributed by atoms with E-state index in [0.717, 1.165) is 29.0 Å². The first-order valence-corrected chi connectivity index (χ1v) is 22.9. The van der Waals surface area contributed by atoms with E-state index in [0.29, 0.717) is 19.3 Å². The zero-order valence-electron chi connectivity index (χ0n) is 31.4. The van der Waals surface area contributed by atoms with Gasteiger partial charge >= 0.3 is 29.4 Å². The highest BCUT2D eigenvalue weighted by atomic mass is 32.2. The van der Waals surface area contributed by atoms with Crippen LogP contribution in [0.25, 0.3) is 11.2 Å². The number of hydrogen-bond donors (Lipinski definition) is 10. The van der Waals surface area contributed by atoms with Crippen LogP contribution in [-0.2, 0) is 55.5 Å². The number of imidazole rings is 1. The molecule has 1 aliphatic rings. The number of carbonyl (C=O) groups is 4. The summed E-state index contributed by atoms with van der Waals surface area (Å²) in [6.07, 6.45) is -2.29. The third-order valence-corrected chi connectivity index (χ3v) is 11.9. The van der Waals surface area contributed by atoms with Crippen molar-refractivity contribution in [1.29, 1.82) is 0 Å². The van der Waals surface area contributed by atoms with Gasteiger partial charge in [0.1, 0.15) is 36.3 Å². The third-order valence-electron chi connectivity index (χ3n) is 8.01. The lowest BCUT2D eigenvalue weighted by Crippen LogP contribution is -2.46. The number of ether oxygens (including phenoxy) is 1. The number of phosphoric ester groups is 3. The van der Waals surface area contributed by atoms with Gasteiger partial charge in [0.15, 0.2) is 17.7 Å². The molecule has 11 N–H and O–H groups in total. The standard InChI is InChI=1S/C29H46N7O19P3S/c1-29(2,24(42)27(43)32-10-9-18(37)31-11-12-59-20(40)8-6-4-3-5-7-19(38)39)14-52-58(49,50)55-57(47,48)51-13-17-23(54-56(44,45)46)22(41)28(53-17)36-16-35-21-25(30)33-15-34-26(21)36/h6,8,15-17,22-24,28,41-42H,3-5,7,9-14H2,1-2H3,(H,31,37)(H,32,43)(H,38,39)(H,47,48)(H,49,50)(H2,30,33,34)(H2,44,45,46)/t17-,22-,23-,24+,28-/m1/s1. The Hall–Kier alpha value is -3.23. The van der Waals surface area contributed by atoms with Crippen molar-refractivity contribution in [3.63, 3.8) is 0 Å². The molecule has 3 rings (SSSR count). The number of allylic oxidation sites excluding steroid dienone is 1. The highest BCUT2D eigenvalue weighted by Crippen LogP contribution is 2.61. The number of nitrogens with two attached hydrogens (primary N) is 1. The molecule has 26 nitrogen and oxygen atoms in total. The number of phosphoric acid groups is 3. The summed E-state index contributed by atoms with van der Waals surface area (Å²) in [6, 6.07) is 0. The van der Waals surface area contributed by atoms with Gasteiger partial charge in [0.2, 0.25) is 16.9 Å². The first-order chi connectivity index (χ1) is 27.4. The molecule has 332 valence electrons. The van der Waals surface area contributed by atoms with Crippen LogP contribution in [0.2, 0.25) is 0 Å². The summed E-state index contributed by atoms with van der Waals surface area (Å²) in [4.78, 5) is 98.0. The van der Waals surface area contributed by atoms with Gasteiger partial charge in [-0.15, -0.1) is 0 Å². The first-order valence-electron chi connectivity index (χ1n) is 17.4. The number of nitrogens with zero attached hydrogens (tertiary/aromatic N) is 4. The number of nitrogen functional groups attached to an aromatic ring is 1. The Labute approximate surface area is 339 Å². The van der Waals surface area contributed by atoms with Crippen molar-refractivity contribution in [1.82, 2.24) is 30.2 Å². The van der Waals surface area contributed by atoms with Crippen LogP contribution in [0, 0.1) is 5.41 Å². The number of fused-ring (bicyclic) bond motifs is 1. The number of carboxylic acids is 1. The molecular weight excluding hydrogens is 875 g/mol. The van der Waals surface area contributed by atoms with Crippen molar-refractivity contribution >= 4 is 75.1 Å². The number of aromatic nitrogens is 4. The summed E-state index contributed by atoms with van der Waals surface area (Å²) < 4.78 is 62.1. The Kier molecular flexibility index (Phi) is 18.7. The van der Waals surface area contributed by atoms with Crippen LogP contribution in [0.15, 0.2) is 24.8 Å². The Morgan fingerprint density at radius 1 is 1.03 bits per heavy atom. The van der Waals surface area contributed by atoms with Gasteiger partial charge in [0.25, 0.3) is 0 Å². The molecule has 2 aromatic heterocycles. The van der Waals surface area contributed by atoms with Gasteiger partial charge in [-0.05, 0) is 25.3 Å². The van der Waals surface area contributed by atoms with Crippen LogP contribution < -0.4 is 16.4 Å². The van der Waals surface area contributed by atoms with Gasteiger partial charge in [-0.1, -0.05) is 31.7 Å². The molecule has 30 heteroatoms. The molecular formula is C29H46N7O19P3S. The number of hydrogen-bond acceptors (Lipinski definition) is 19. The van der Waals surface area contributed by atoms with Gasteiger partial charge in [-0.3, -0.25) is 37.3 Å². The smallest absolute Gasteiger partial charge is 0.481 e. The second kappa shape index (κ2) is 22.0. The second-order valence-corrected chi connectivity index (χ2v) is 18.6. The average Bonchev–Trinajstić information content (AvgIpc) is 3.69. The molecule has 1 saturated heterocycles. The average molecular weight is 922 g/mol. The fourth-order valence-electron chi connectivity index (χ4n) is 5.05. The number of aliphatic hydroxyl groups excluding tert-OH is 2.